The Bertz CT molecular complexity index is 715. The van der Waals surface area contributed by atoms with Crippen LogP contribution in [-0.4, -0.2) is 19.2 Å². The van der Waals surface area contributed by atoms with Gasteiger partial charge in [0, 0.05) is 6.42 Å². The lowest BCUT2D eigenvalue weighted by molar-refractivity contribution is -0.140. The molecule has 1 fully saturated rings. The van der Waals surface area contributed by atoms with Crippen molar-refractivity contribution in [1.29, 1.82) is 0 Å². The summed E-state index contributed by atoms with van der Waals surface area (Å²) in [6.07, 6.45) is 7.86. The van der Waals surface area contributed by atoms with Gasteiger partial charge in [0.1, 0.15) is 12.4 Å². The van der Waals surface area contributed by atoms with Gasteiger partial charge >= 0.3 is 5.97 Å². The minimum Gasteiger partial charge on any atom is -0.489 e. The molecule has 0 aromatic heterocycles. The Morgan fingerprint density at radius 3 is 2.11 bits per heavy atom. The smallest absolute Gasteiger partial charge is 0.305 e. The third kappa shape index (κ3) is 6.68. The van der Waals surface area contributed by atoms with E-state index in [9.17, 15) is 4.79 Å². The Morgan fingerprint density at radius 1 is 0.857 bits per heavy atom. The van der Waals surface area contributed by atoms with Crippen LogP contribution in [0.4, 0.5) is 0 Å². The summed E-state index contributed by atoms with van der Waals surface area (Å²) in [6, 6.07) is 16.3. The standard InChI is InChI=1S/C24H30O4/c1-26-24(25)16-13-19-11-14-23(15-12-19)28-18-21-9-7-20(8-10-21)17-27-22-5-3-2-4-6-22/h7-12,14-15,22H,2-6,13,16-18H2,1H3. The number of carbonyl (C=O) groups excluding carboxylic acids is 1. The van der Waals surface area contributed by atoms with Crippen molar-refractivity contribution in [3.63, 3.8) is 0 Å². The zero-order chi connectivity index (χ0) is 19.6. The van der Waals surface area contributed by atoms with Crippen molar-refractivity contribution < 1.29 is 19.0 Å². The van der Waals surface area contributed by atoms with Gasteiger partial charge in [-0.25, -0.2) is 0 Å². The summed E-state index contributed by atoms with van der Waals surface area (Å²) < 4.78 is 16.6. The zero-order valence-corrected chi connectivity index (χ0v) is 16.7. The fraction of sp³-hybridized carbons (Fsp3) is 0.458. The van der Waals surface area contributed by atoms with E-state index < -0.39 is 0 Å². The predicted octanol–water partition coefficient (Wildman–Crippen LogP) is 5.22. The van der Waals surface area contributed by atoms with Gasteiger partial charge in [0.25, 0.3) is 0 Å². The average Bonchev–Trinajstić information content (AvgIpc) is 2.76. The molecule has 0 unspecified atom stereocenters. The van der Waals surface area contributed by atoms with Gasteiger partial charge in [-0.2, -0.15) is 0 Å². The maximum absolute atomic E-state index is 11.2. The molecule has 0 atom stereocenters. The second-order valence-electron chi connectivity index (χ2n) is 7.40. The van der Waals surface area contributed by atoms with E-state index in [1.54, 1.807) is 0 Å². The van der Waals surface area contributed by atoms with Crippen molar-refractivity contribution in [3.05, 3.63) is 65.2 Å². The molecule has 4 heteroatoms. The average molecular weight is 383 g/mol. The molecule has 150 valence electrons. The first-order valence-corrected chi connectivity index (χ1v) is 10.2. The molecule has 0 radical (unpaired) electrons. The van der Waals surface area contributed by atoms with Crippen LogP contribution in [-0.2, 0) is 33.9 Å². The maximum atomic E-state index is 11.2. The van der Waals surface area contributed by atoms with Gasteiger partial charge < -0.3 is 14.2 Å². The van der Waals surface area contributed by atoms with Crippen molar-refractivity contribution in [2.24, 2.45) is 0 Å². The van der Waals surface area contributed by atoms with Crippen molar-refractivity contribution in [2.75, 3.05) is 7.11 Å². The van der Waals surface area contributed by atoms with Crippen LogP contribution in [0.3, 0.4) is 0 Å². The van der Waals surface area contributed by atoms with Crippen LogP contribution in [0.1, 0.15) is 55.2 Å². The molecule has 0 bridgehead atoms. The van der Waals surface area contributed by atoms with Gasteiger partial charge in [0.05, 0.1) is 19.8 Å². The summed E-state index contributed by atoms with van der Waals surface area (Å²) in [6.45, 7) is 1.23. The number of hydrogen-bond donors (Lipinski definition) is 0. The number of carbonyl (C=O) groups is 1. The number of hydrogen-bond acceptors (Lipinski definition) is 4. The fourth-order valence-corrected chi connectivity index (χ4v) is 3.45. The molecule has 0 spiro atoms. The topological polar surface area (TPSA) is 44.8 Å². The molecule has 1 aliphatic rings. The van der Waals surface area contributed by atoms with Gasteiger partial charge in [-0.05, 0) is 48.1 Å². The highest BCUT2D eigenvalue weighted by molar-refractivity contribution is 5.69. The van der Waals surface area contributed by atoms with E-state index in [0.717, 1.165) is 16.9 Å². The minimum atomic E-state index is -0.187. The predicted molar refractivity (Wildman–Crippen MR) is 109 cm³/mol. The molecular weight excluding hydrogens is 352 g/mol. The van der Waals surface area contributed by atoms with E-state index >= 15 is 0 Å². The molecule has 4 nitrogen and oxygen atoms in total. The van der Waals surface area contributed by atoms with Gasteiger partial charge in [0.2, 0.25) is 0 Å². The number of methoxy groups -OCH3 is 1. The zero-order valence-electron chi connectivity index (χ0n) is 16.7. The Balaban J connectivity index is 1.41. The minimum absolute atomic E-state index is 0.187. The Labute approximate surface area is 167 Å². The normalized spacial score (nSPS) is 14.6. The van der Waals surface area contributed by atoms with E-state index in [1.807, 2.05) is 24.3 Å². The number of ether oxygens (including phenoxy) is 3. The van der Waals surface area contributed by atoms with Crippen LogP contribution in [0.2, 0.25) is 0 Å². The summed E-state index contributed by atoms with van der Waals surface area (Å²) in [4.78, 5) is 11.2. The summed E-state index contributed by atoms with van der Waals surface area (Å²) in [5.41, 5.74) is 3.44. The Morgan fingerprint density at radius 2 is 1.46 bits per heavy atom. The summed E-state index contributed by atoms with van der Waals surface area (Å²) >= 11 is 0. The summed E-state index contributed by atoms with van der Waals surface area (Å²) in [7, 11) is 1.41. The molecule has 0 saturated heterocycles. The molecule has 3 rings (SSSR count). The van der Waals surface area contributed by atoms with E-state index in [0.29, 0.717) is 32.2 Å². The van der Waals surface area contributed by atoms with Gasteiger partial charge in [-0.1, -0.05) is 55.7 Å². The monoisotopic (exact) mass is 382 g/mol. The second-order valence-corrected chi connectivity index (χ2v) is 7.40. The molecular formula is C24H30O4. The van der Waals surface area contributed by atoms with Crippen LogP contribution >= 0.6 is 0 Å². The molecule has 2 aromatic carbocycles. The molecule has 1 aliphatic carbocycles. The lowest BCUT2D eigenvalue weighted by Gasteiger charge is -2.22. The highest BCUT2D eigenvalue weighted by atomic mass is 16.5. The molecule has 0 aliphatic heterocycles. The molecule has 0 N–H and O–H groups in total. The third-order valence-electron chi connectivity index (χ3n) is 5.24. The quantitative estimate of drug-likeness (QED) is 0.558. The molecule has 1 saturated carbocycles. The summed E-state index contributed by atoms with van der Waals surface area (Å²) in [5.74, 6) is 0.638. The lowest BCUT2D eigenvalue weighted by Crippen LogP contribution is -2.16. The highest BCUT2D eigenvalue weighted by Crippen LogP contribution is 2.21. The molecule has 2 aromatic rings. The Hall–Kier alpha value is -2.33. The van der Waals surface area contributed by atoms with Crippen molar-refractivity contribution >= 4 is 5.97 Å². The maximum Gasteiger partial charge on any atom is 0.305 e. The van der Waals surface area contributed by atoms with Gasteiger partial charge in [-0.15, -0.1) is 0 Å². The largest absolute Gasteiger partial charge is 0.489 e. The van der Waals surface area contributed by atoms with E-state index in [2.05, 4.69) is 29.0 Å². The van der Waals surface area contributed by atoms with Crippen molar-refractivity contribution in [2.45, 2.75) is 64.3 Å². The van der Waals surface area contributed by atoms with Crippen LogP contribution in [0.15, 0.2) is 48.5 Å². The molecule has 28 heavy (non-hydrogen) atoms. The first-order chi connectivity index (χ1) is 13.7. The Kier molecular flexibility index (Phi) is 7.92. The number of rotatable bonds is 9. The van der Waals surface area contributed by atoms with Gasteiger partial charge in [-0.3, -0.25) is 4.79 Å². The van der Waals surface area contributed by atoms with Crippen molar-refractivity contribution in [1.82, 2.24) is 0 Å². The van der Waals surface area contributed by atoms with Crippen LogP contribution in [0.5, 0.6) is 5.75 Å². The molecule has 0 amide bonds. The molecule has 0 heterocycles. The highest BCUT2D eigenvalue weighted by Gasteiger charge is 2.13. The first-order valence-electron chi connectivity index (χ1n) is 10.2. The lowest BCUT2D eigenvalue weighted by atomic mass is 9.98. The van der Waals surface area contributed by atoms with Crippen molar-refractivity contribution in [3.8, 4) is 5.75 Å². The van der Waals surface area contributed by atoms with Crippen LogP contribution in [0, 0.1) is 0 Å². The number of esters is 1. The van der Waals surface area contributed by atoms with E-state index in [-0.39, 0.29) is 5.97 Å². The number of aryl methyl sites for hydroxylation is 1. The van der Waals surface area contributed by atoms with Crippen LogP contribution < -0.4 is 4.74 Å². The fourth-order valence-electron chi connectivity index (χ4n) is 3.45. The van der Waals surface area contributed by atoms with E-state index in [4.69, 9.17) is 9.47 Å². The SMILES string of the molecule is COC(=O)CCc1ccc(OCc2ccc(COC3CCCCC3)cc2)cc1. The summed E-state index contributed by atoms with van der Waals surface area (Å²) in [5, 5.41) is 0. The second kappa shape index (κ2) is 10.9. The van der Waals surface area contributed by atoms with E-state index in [1.165, 1.54) is 44.8 Å². The number of benzene rings is 2. The third-order valence-corrected chi connectivity index (χ3v) is 5.24. The first kappa shape index (κ1) is 20.4. The van der Waals surface area contributed by atoms with Gasteiger partial charge in [0.15, 0.2) is 0 Å². The van der Waals surface area contributed by atoms with Crippen LogP contribution in [0.25, 0.3) is 0 Å².